The number of H-pyrrole nitrogens is 2. The van der Waals surface area contributed by atoms with Gasteiger partial charge in [-0.1, -0.05) is 0 Å². The van der Waals surface area contributed by atoms with Gasteiger partial charge in [0.1, 0.15) is 11.4 Å². The SMILES string of the molecule is CN1CCN(C(=O)c2ccc[nH]2)CC1CNC(=O)c1ccc[nH]1. The number of carbonyl (C=O) groups is 2. The van der Waals surface area contributed by atoms with E-state index >= 15 is 0 Å². The monoisotopic (exact) mass is 315 g/mol. The zero-order valence-corrected chi connectivity index (χ0v) is 13.1. The van der Waals surface area contributed by atoms with Gasteiger partial charge < -0.3 is 20.2 Å². The van der Waals surface area contributed by atoms with Crippen LogP contribution in [-0.2, 0) is 0 Å². The molecule has 1 atom stereocenters. The van der Waals surface area contributed by atoms with Gasteiger partial charge in [0, 0.05) is 44.6 Å². The highest BCUT2D eigenvalue weighted by Crippen LogP contribution is 2.11. The normalized spacial score (nSPS) is 18.8. The number of nitrogens with zero attached hydrogens (tertiary/aromatic N) is 2. The first-order valence-electron chi connectivity index (χ1n) is 7.69. The van der Waals surface area contributed by atoms with Crippen LogP contribution in [0.1, 0.15) is 21.0 Å². The van der Waals surface area contributed by atoms with Crippen molar-refractivity contribution in [2.24, 2.45) is 0 Å². The molecule has 0 aromatic carbocycles. The van der Waals surface area contributed by atoms with Crippen molar-refractivity contribution in [3.05, 3.63) is 48.0 Å². The summed E-state index contributed by atoms with van der Waals surface area (Å²) in [6.07, 6.45) is 3.47. The lowest BCUT2D eigenvalue weighted by molar-refractivity contribution is 0.0539. The number of nitrogens with one attached hydrogen (secondary N) is 3. The van der Waals surface area contributed by atoms with Gasteiger partial charge in [0.15, 0.2) is 0 Å². The Morgan fingerprint density at radius 3 is 2.52 bits per heavy atom. The summed E-state index contributed by atoms with van der Waals surface area (Å²) in [7, 11) is 2.02. The highest BCUT2D eigenvalue weighted by atomic mass is 16.2. The molecular weight excluding hydrogens is 294 g/mol. The molecule has 1 aliphatic heterocycles. The minimum absolute atomic E-state index is 0.00351. The Morgan fingerprint density at radius 2 is 1.87 bits per heavy atom. The van der Waals surface area contributed by atoms with E-state index in [0.29, 0.717) is 31.0 Å². The van der Waals surface area contributed by atoms with Crippen molar-refractivity contribution in [3.63, 3.8) is 0 Å². The standard InChI is InChI=1S/C16H21N5O2/c1-20-8-9-21(16(23)14-5-3-7-18-14)11-12(20)10-19-15(22)13-4-2-6-17-13/h2-7,12,17-18H,8-11H2,1H3,(H,19,22). The number of piperazine rings is 1. The van der Waals surface area contributed by atoms with Gasteiger partial charge in [-0.15, -0.1) is 0 Å². The number of aromatic amines is 2. The van der Waals surface area contributed by atoms with Crippen molar-refractivity contribution in [2.45, 2.75) is 6.04 Å². The third-order valence-corrected chi connectivity index (χ3v) is 4.23. The third kappa shape index (κ3) is 3.45. The van der Waals surface area contributed by atoms with Gasteiger partial charge in [-0.05, 0) is 31.3 Å². The predicted molar refractivity (Wildman–Crippen MR) is 86.2 cm³/mol. The molecule has 2 aromatic rings. The lowest BCUT2D eigenvalue weighted by Crippen LogP contribution is -2.56. The van der Waals surface area contributed by atoms with E-state index in [-0.39, 0.29) is 17.9 Å². The maximum atomic E-state index is 12.4. The molecule has 0 aliphatic carbocycles. The van der Waals surface area contributed by atoms with Gasteiger partial charge in [-0.3, -0.25) is 14.5 Å². The fourth-order valence-corrected chi connectivity index (χ4v) is 2.76. The van der Waals surface area contributed by atoms with E-state index in [2.05, 4.69) is 20.2 Å². The molecule has 3 N–H and O–H groups in total. The summed E-state index contributed by atoms with van der Waals surface area (Å²) >= 11 is 0. The van der Waals surface area contributed by atoms with Crippen molar-refractivity contribution < 1.29 is 9.59 Å². The van der Waals surface area contributed by atoms with Crippen molar-refractivity contribution in [1.29, 1.82) is 0 Å². The van der Waals surface area contributed by atoms with Crippen LogP contribution in [0, 0.1) is 0 Å². The van der Waals surface area contributed by atoms with E-state index < -0.39 is 0 Å². The van der Waals surface area contributed by atoms with Crippen molar-refractivity contribution in [1.82, 2.24) is 25.1 Å². The second kappa shape index (κ2) is 6.70. The second-order valence-electron chi connectivity index (χ2n) is 5.76. The maximum Gasteiger partial charge on any atom is 0.270 e. The fraction of sp³-hybridized carbons (Fsp3) is 0.375. The van der Waals surface area contributed by atoms with Gasteiger partial charge >= 0.3 is 0 Å². The van der Waals surface area contributed by atoms with Gasteiger partial charge in [-0.2, -0.15) is 0 Å². The molecule has 23 heavy (non-hydrogen) atoms. The van der Waals surface area contributed by atoms with E-state index in [9.17, 15) is 9.59 Å². The van der Waals surface area contributed by atoms with Crippen LogP contribution in [0.5, 0.6) is 0 Å². The Labute approximate surface area is 134 Å². The molecule has 7 nitrogen and oxygen atoms in total. The third-order valence-electron chi connectivity index (χ3n) is 4.23. The highest BCUT2D eigenvalue weighted by molar-refractivity contribution is 5.93. The quantitative estimate of drug-likeness (QED) is 0.769. The smallest absolute Gasteiger partial charge is 0.270 e. The Bertz CT molecular complexity index is 650. The second-order valence-corrected chi connectivity index (χ2v) is 5.76. The number of amides is 2. The molecule has 0 saturated carbocycles. The average Bonchev–Trinajstić information content (AvgIpc) is 3.26. The molecule has 2 aromatic heterocycles. The van der Waals surface area contributed by atoms with Crippen LogP contribution in [0.3, 0.4) is 0 Å². The van der Waals surface area contributed by atoms with Gasteiger partial charge in [-0.25, -0.2) is 0 Å². The van der Waals surface area contributed by atoms with Crippen LogP contribution in [0.2, 0.25) is 0 Å². The summed E-state index contributed by atoms with van der Waals surface area (Å²) < 4.78 is 0. The summed E-state index contributed by atoms with van der Waals surface area (Å²) in [5.74, 6) is -0.125. The zero-order valence-electron chi connectivity index (χ0n) is 13.1. The summed E-state index contributed by atoms with van der Waals surface area (Å²) in [4.78, 5) is 34.3. The number of aromatic nitrogens is 2. The maximum absolute atomic E-state index is 12.4. The number of hydrogen-bond donors (Lipinski definition) is 3. The summed E-state index contributed by atoms with van der Waals surface area (Å²) in [6.45, 7) is 2.58. The molecule has 1 aliphatic rings. The lowest BCUT2D eigenvalue weighted by Gasteiger charge is -2.39. The van der Waals surface area contributed by atoms with Crippen LogP contribution in [0.4, 0.5) is 0 Å². The van der Waals surface area contributed by atoms with Crippen LogP contribution in [-0.4, -0.2) is 70.9 Å². The van der Waals surface area contributed by atoms with Gasteiger partial charge in [0.05, 0.1) is 0 Å². The highest BCUT2D eigenvalue weighted by Gasteiger charge is 2.28. The number of rotatable bonds is 4. The first-order valence-corrected chi connectivity index (χ1v) is 7.69. The minimum Gasteiger partial charge on any atom is -0.357 e. The zero-order chi connectivity index (χ0) is 16.2. The molecule has 122 valence electrons. The average molecular weight is 315 g/mol. The summed E-state index contributed by atoms with van der Waals surface area (Å²) in [5, 5.41) is 2.92. The number of likely N-dealkylation sites (N-methyl/N-ethyl adjacent to an activating group) is 1. The Kier molecular flexibility index (Phi) is 4.47. The van der Waals surface area contributed by atoms with E-state index in [1.807, 2.05) is 18.0 Å². The lowest BCUT2D eigenvalue weighted by atomic mass is 10.1. The molecular formula is C16H21N5O2. The molecule has 1 saturated heterocycles. The van der Waals surface area contributed by atoms with Gasteiger partial charge in [0.25, 0.3) is 11.8 Å². The molecule has 3 heterocycles. The van der Waals surface area contributed by atoms with E-state index in [4.69, 9.17) is 0 Å². The molecule has 3 rings (SSSR count). The first-order chi connectivity index (χ1) is 11.1. The van der Waals surface area contributed by atoms with Crippen molar-refractivity contribution in [3.8, 4) is 0 Å². The van der Waals surface area contributed by atoms with E-state index in [1.54, 1.807) is 30.6 Å². The van der Waals surface area contributed by atoms with Crippen LogP contribution >= 0.6 is 0 Å². The first kappa shape index (κ1) is 15.4. The largest absolute Gasteiger partial charge is 0.357 e. The van der Waals surface area contributed by atoms with Crippen LogP contribution < -0.4 is 5.32 Å². The predicted octanol–water partition coefficient (Wildman–Crippen LogP) is 0.529. The molecule has 0 radical (unpaired) electrons. The Hall–Kier alpha value is -2.54. The number of hydrogen-bond acceptors (Lipinski definition) is 3. The van der Waals surface area contributed by atoms with Crippen molar-refractivity contribution in [2.75, 3.05) is 33.2 Å². The summed E-state index contributed by atoms with van der Waals surface area (Å²) in [6, 6.07) is 7.22. The Morgan fingerprint density at radius 1 is 1.17 bits per heavy atom. The molecule has 2 amide bonds. The van der Waals surface area contributed by atoms with Crippen molar-refractivity contribution >= 4 is 11.8 Å². The van der Waals surface area contributed by atoms with E-state index in [1.165, 1.54) is 0 Å². The molecule has 0 bridgehead atoms. The number of carbonyl (C=O) groups excluding carboxylic acids is 2. The molecule has 1 unspecified atom stereocenters. The fourth-order valence-electron chi connectivity index (χ4n) is 2.76. The van der Waals surface area contributed by atoms with Crippen LogP contribution in [0.15, 0.2) is 36.7 Å². The molecule has 1 fully saturated rings. The summed E-state index contributed by atoms with van der Waals surface area (Å²) in [5.41, 5.74) is 1.14. The van der Waals surface area contributed by atoms with Crippen LogP contribution in [0.25, 0.3) is 0 Å². The van der Waals surface area contributed by atoms with Gasteiger partial charge in [0.2, 0.25) is 0 Å². The molecule has 7 heteroatoms. The Balaban J connectivity index is 1.58. The minimum atomic E-state index is -0.129. The molecule has 0 spiro atoms. The topological polar surface area (TPSA) is 84.2 Å². The van der Waals surface area contributed by atoms with E-state index in [0.717, 1.165) is 6.54 Å².